The van der Waals surface area contributed by atoms with Crippen LogP contribution in [-0.4, -0.2) is 12.3 Å². The van der Waals surface area contributed by atoms with Gasteiger partial charge in [-0.3, -0.25) is 4.79 Å². The van der Waals surface area contributed by atoms with Crippen LogP contribution in [0.1, 0.15) is 31.4 Å². The van der Waals surface area contributed by atoms with Gasteiger partial charge in [-0.05, 0) is 18.9 Å². The first-order valence-electron chi connectivity index (χ1n) is 5.81. The van der Waals surface area contributed by atoms with Gasteiger partial charge in [-0.2, -0.15) is 0 Å². The maximum atomic E-state index is 12.1. The van der Waals surface area contributed by atoms with Crippen LogP contribution in [0.5, 0.6) is 0 Å². The molecule has 2 nitrogen and oxygen atoms in total. The zero-order valence-corrected chi connectivity index (χ0v) is 10.4. The van der Waals surface area contributed by atoms with E-state index in [-0.39, 0.29) is 11.2 Å². The van der Waals surface area contributed by atoms with Crippen molar-refractivity contribution in [1.29, 1.82) is 0 Å². The summed E-state index contributed by atoms with van der Waals surface area (Å²) in [6.07, 6.45) is 1.29. The number of hydrogen-bond donors (Lipinski definition) is 1. The standard InChI is InChI=1S/C14H21NO/c1-4-14(3,10-15)13(16)9-12-7-5-6-11(2)8-12/h5-8H,4,9-10,15H2,1-3H3. The molecular weight excluding hydrogens is 198 g/mol. The zero-order valence-electron chi connectivity index (χ0n) is 10.4. The lowest BCUT2D eigenvalue weighted by atomic mass is 9.80. The minimum atomic E-state index is -0.371. The number of rotatable bonds is 5. The molecule has 0 amide bonds. The van der Waals surface area contributed by atoms with E-state index in [0.717, 1.165) is 12.0 Å². The van der Waals surface area contributed by atoms with Gasteiger partial charge in [-0.15, -0.1) is 0 Å². The second kappa shape index (κ2) is 5.26. The van der Waals surface area contributed by atoms with E-state index in [1.807, 2.05) is 39.0 Å². The van der Waals surface area contributed by atoms with Gasteiger partial charge in [0.2, 0.25) is 0 Å². The Hall–Kier alpha value is -1.15. The van der Waals surface area contributed by atoms with Gasteiger partial charge >= 0.3 is 0 Å². The molecule has 16 heavy (non-hydrogen) atoms. The summed E-state index contributed by atoms with van der Waals surface area (Å²) in [6, 6.07) is 8.08. The summed E-state index contributed by atoms with van der Waals surface area (Å²) in [5.41, 5.74) is 7.58. The maximum Gasteiger partial charge on any atom is 0.144 e. The Morgan fingerprint density at radius 3 is 2.62 bits per heavy atom. The number of ketones is 1. The molecule has 0 saturated carbocycles. The van der Waals surface area contributed by atoms with E-state index < -0.39 is 0 Å². The molecule has 1 atom stereocenters. The van der Waals surface area contributed by atoms with E-state index in [2.05, 4.69) is 6.07 Å². The number of hydrogen-bond acceptors (Lipinski definition) is 2. The average Bonchev–Trinajstić information content (AvgIpc) is 2.28. The summed E-state index contributed by atoms with van der Waals surface area (Å²) in [7, 11) is 0. The van der Waals surface area contributed by atoms with Crippen LogP contribution in [0.2, 0.25) is 0 Å². The molecule has 0 fully saturated rings. The first kappa shape index (κ1) is 12.9. The van der Waals surface area contributed by atoms with Gasteiger partial charge in [0.15, 0.2) is 0 Å². The highest BCUT2D eigenvalue weighted by Crippen LogP contribution is 2.22. The molecule has 0 heterocycles. The topological polar surface area (TPSA) is 43.1 Å². The van der Waals surface area contributed by atoms with Gasteiger partial charge in [-0.25, -0.2) is 0 Å². The predicted octanol–water partition coefficient (Wildman–Crippen LogP) is 2.48. The Kier molecular flexibility index (Phi) is 4.25. The van der Waals surface area contributed by atoms with Crippen LogP contribution in [-0.2, 0) is 11.2 Å². The van der Waals surface area contributed by atoms with Crippen molar-refractivity contribution in [2.24, 2.45) is 11.1 Å². The largest absolute Gasteiger partial charge is 0.329 e. The molecule has 1 aromatic carbocycles. The van der Waals surface area contributed by atoms with Crippen molar-refractivity contribution in [2.45, 2.75) is 33.6 Å². The predicted molar refractivity (Wildman–Crippen MR) is 67.3 cm³/mol. The lowest BCUT2D eigenvalue weighted by Crippen LogP contribution is -2.36. The van der Waals surface area contributed by atoms with Crippen molar-refractivity contribution >= 4 is 5.78 Å². The molecule has 88 valence electrons. The number of aryl methyl sites for hydroxylation is 1. The zero-order chi connectivity index (χ0) is 12.2. The summed E-state index contributed by atoms with van der Waals surface area (Å²) in [6.45, 7) is 6.43. The molecule has 1 aromatic rings. The first-order valence-corrected chi connectivity index (χ1v) is 5.81. The second-order valence-electron chi connectivity index (χ2n) is 4.71. The fourth-order valence-corrected chi connectivity index (χ4v) is 1.68. The normalized spacial score (nSPS) is 14.5. The van der Waals surface area contributed by atoms with Gasteiger partial charge < -0.3 is 5.73 Å². The number of nitrogens with two attached hydrogens (primary N) is 1. The summed E-state index contributed by atoms with van der Waals surface area (Å²) >= 11 is 0. The highest BCUT2D eigenvalue weighted by Gasteiger charge is 2.28. The highest BCUT2D eigenvalue weighted by atomic mass is 16.1. The van der Waals surface area contributed by atoms with E-state index >= 15 is 0 Å². The molecule has 1 rings (SSSR count). The van der Waals surface area contributed by atoms with Crippen LogP contribution in [0, 0.1) is 12.3 Å². The molecule has 1 unspecified atom stereocenters. The lowest BCUT2D eigenvalue weighted by Gasteiger charge is -2.24. The fraction of sp³-hybridized carbons (Fsp3) is 0.500. The second-order valence-corrected chi connectivity index (χ2v) is 4.71. The van der Waals surface area contributed by atoms with Gasteiger partial charge in [0.05, 0.1) is 0 Å². The number of carbonyl (C=O) groups is 1. The first-order chi connectivity index (χ1) is 7.51. The molecule has 0 saturated heterocycles. The smallest absolute Gasteiger partial charge is 0.144 e. The number of benzene rings is 1. The van der Waals surface area contributed by atoms with E-state index in [0.29, 0.717) is 13.0 Å². The van der Waals surface area contributed by atoms with Crippen molar-refractivity contribution in [1.82, 2.24) is 0 Å². The van der Waals surface area contributed by atoms with Crippen molar-refractivity contribution in [3.8, 4) is 0 Å². The van der Waals surface area contributed by atoms with Crippen molar-refractivity contribution in [3.63, 3.8) is 0 Å². The molecule has 0 spiro atoms. The summed E-state index contributed by atoms with van der Waals surface area (Å²) in [5.74, 6) is 0.239. The Morgan fingerprint density at radius 1 is 1.44 bits per heavy atom. The van der Waals surface area contributed by atoms with Crippen LogP contribution < -0.4 is 5.73 Å². The van der Waals surface area contributed by atoms with Gasteiger partial charge in [0.25, 0.3) is 0 Å². The van der Waals surface area contributed by atoms with Gasteiger partial charge in [0, 0.05) is 18.4 Å². The molecule has 0 bridgehead atoms. The third-order valence-electron chi connectivity index (χ3n) is 3.35. The minimum absolute atomic E-state index is 0.239. The van der Waals surface area contributed by atoms with Crippen molar-refractivity contribution in [3.05, 3.63) is 35.4 Å². The molecule has 0 aliphatic heterocycles. The van der Waals surface area contributed by atoms with Crippen LogP contribution >= 0.6 is 0 Å². The summed E-state index contributed by atoms with van der Waals surface area (Å²) in [4.78, 5) is 12.1. The Labute approximate surface area is 97.9 Å². The van der Waals surface area contributed by atoms with Crippen LogP contribution in [0.15, 0.2) is 24.3 Å². The monoisotopic (exact) mass is 219 g/mol. The molecular formula is C14H21NO. The van der Waals surface area contributed by atoms with Crippen LogP contribution in [0.3, 0.4) is 0 Å². The maximum absolute atomic E-state index is 12.1. The Bertz CT molecular complexity index is 367. The Balaban J connectivity index is 2.78. The van der Waals surface area contributed by atoms with Crippen molar-refractivity contribution < 1.29 is 4.79 Å². The molecule has 0 aromatic heterocycles. The quantitative estimate of drug-likeness (QED) is 0.826. The van der Waals surface area contributed by atoms with E-state index in [4.69, 9.17) is 5.73 Å². The lowest BCUT2D eigenvalue weighted by molar-refractivity contribution is -0.126. The Morgan fingerprint density at radius 2 is 2.12 bits per heavy atom. The number of carbonyl (C=O) groups excluding carboxylic acids is 1. The molecule has 2 heteroatoms. The third-order valence-corrected chi connectivity index (χ3v) is 3.35. The van der Waals surface area contributed by atoms with Gasteiger partial charge in [0.1, 0.15) is 5.78 Å². The molecule has 0 radical (unpaired) electrons. The SMILES string of the molecule is CCC(C)(CN)C(=O)Cc1cccc(C)c1. The van der Waals surface area contributed by atoms with Gasteiger partial charge in [-0.1, -0.05) is 43.7 Å². The fourth-order valence-electron chi connectivity index (χ4n) is 1.68. The summed E-state index contributed by atoms with van der Waals surface area (Å²) in [5, 5.41) is 0. The minimum Gasteiger partial charge on any atom is -0.329 e. The van der Waals surface area contributed by atoms with Crippen LogP contribution in [0.4, 0.5) is 0 Å². The van der Waals surface area contributed by atoms with E-state index in [1.165, 1.54) is 5.56 Å². The summed E-state index contributed by atoms with van der Waals surface area (Å²) < 4.78 is 0. The molecule has 0 aliphatic rings. The molecule has 0 aliphatic carbocycles. The average molecular weight is 219 g/mol. The third kappa shape index (κ3) is 2.92. The molecule has 2 N–H and O–H groups in total. The van der Waals surface area contributed by atoms with E-state index in [9.17, 15) is 4.79 Å². The van der Waals surface area contributed by atoms with E-state index in [1.54, 1.807) is 0 Å². The number of Topliss-reactive ketones (excluding diaryl/α,β-unsaturated/α-hetero) is 1. The highest BCUT2D eigenvalue weighted by molar-refractivity contribution is 5.86. The van der Waals surface area contributed by atoms with Crippen LogP contribution in [0.25, 0.3) is 0 Å². The van der Waals surface area contributed by atoms with Crippen molar-refractivity contribution in [2.75, 3.05) is 6.54 Å².